The van der Waals surface area contributed by atoms with Crippen LogP contribution in [0.4, 0.5) is 0 Å². The minimum atomic E-state index is -0.469. The van der Waals surface area contributed by atoms with Gasteiger partial charge in [-0.2, -0.15) is 0 Å². The number of imidazole rings is 1. The predicted molar refractivity (Wildman–Crippen MR) is 43.6 cm³/mol. The van der Waals surface area contributed by atoms with Crippen molar-refractivity contribution in [3.63, 3.8) is 0 Å². The van der Waals surface area contributed by atoms with Crippen LogP contribution in [0.3, 0.4) is 0 Å². The Morgan fingerprint density at radius 3 is 2.62 bits per heavy atom. The molecule has 6 heteroatoms. The zero-order valence-electron chi connectivity index (χ0n) is 6.51. The Kier molecular flexibility index (Phi) is 1.59. The highest BCUT2D eigenvalue weighted by molar-refractivity contribution is 5.14. The minimum Gasteiger partial charge on any atom is -0.493 e. The van der Waals surface area contributed by atoms with E-state index in [0.717, 1.165) is 4.57 Å². The number of nitrogens with zero attached hydrogens (tertiary/aromatic N) is 3. The van der Waals surface area contributed by atoms with Gasteiger partial charge in [0.1, 0.15) is 0 Å². The van der Waals surface area contributed by atoms with Crippen molar-refractivity contribution in [1.82, 2.24) is 19.5 Å². The second-order valence-corrected chi connectivity index (χ2v) is 2.36. The highest BCUT2D eigenvalue weighted by atomic mass is 16.3. The number of hydrogen-bond acceptors (Lipinski definition) is 4. The number of hydrogen-bond donors (Lipinski definition) is 2. The third-order valence-electron chi connectivity index (χ3n) is 1.47. The van der Waals surface area contributed by atoms with Crippen LogP contribution in [0.5, 0.6) is 5.88 Å². The molecule has 2 N–H and O–H groups in total. The van der Waals surface area contributed by atoms with Gasteiger partial charge in [0.05, 0.1) is 6.20 Å². The Morgan fingerprint density at radius 2 is 2.08 bits per heavy atom. The van der Waals surface area contributed by atoms with E-state index in [2.05, 4.69) is 15.0 Å². The summed E-state index contributed by atoms with van der Waals surface area (Å²) in [7, 11) is 0. The lowest BCUT2D eigenvalue weighted by molar-refractivity contribution is 0.455. The molecule has 66 valence electrons. The summed E-state index contributed by atoms with van der Waals surface area (Å²) in [6.07, 6.45) is 4.25. The number of rotatable bonds is 1. The Balaban J connectivity index is 2.59. The van der Waals surface area contributed by atoms with E-state index in [1.807, 2.05) is 0 Å². The summed E-state index contributed by atoms with van der Waals surface area (Å²) in [5.41, 5.74) is -0.469. The van der Waals surface area contributed by atoms with Crippen LogP contribution in [0.2, 0.25) is 0 Å². The van der Waals surface area contributed by atoms with Crippen molar-refractivity contribution in [2.24, 2.45) is 0 Å². The molecular weight excluding hydrogens is 172 g/mol. The van der Waals surface area contributed by atoms with Crippen molar-refractivity contribution in [2.75, 3.05) is 0 Å². The van der Waals surface area contributed by atoms with E-state index >= 15 is 0 Å². The average molecular weight is 178 g/mol. The van der Waals surface area contributed by atoms with Gasteiger partial charge in [0.25, 0.3) is 0 Å². The molecule has 6 nitrogen and oxygen atoms in total. The van der Waals surface area contributed by atoms with Gasteiger partial charge in [-0.25, -0.2) is 19.3 Å². The van der Waals surface area contributed by atoms with Gasteiger partial charge in [-0.05, 0) is 6.07 Å². The number of aromatic hydroxyl groups is 1. The maximum absolute atomic E-state index is 11.1. The summed E-state index contributed by atoms with van der Waals surface area (Å²) in [5, 5.41) is 8.96. The third kappa shape index (κ3) is 1.28. The van der Waals surface area contributed by atoms with Crippen LogP contribution in [0.1, 0.15) is 0 Å². The molecule has 0 atom stereocenters. The minimum absolute atomic E-state index is 0.211. The van der Waals surface area contributed by atoms with Crippen LogP contribution < -0.4 is 5.69 Å². The number of aromatic amines is 1. The van der Waals surface area contributed by atoms with Gasteiger partial charge in [0.2, 0.25) is 11.8 Å². The third-order valence-corrected chi connectivity index (χ3v) is 1.47. The predicted octanol–water partition coefficient (Wildman–Crippen LogP) is -0.339. The van der Waals surface area contributed by atoms with E-state index in [9.17, 15) is 4.79 Å². The standard InChI is InChI=1S/C7H6N4O2/c12-5-4-11(7(13)10-5)6-8-2-1-3-9-6/h1-4,12H,(H,10,13). The maximum Gasteiger partial charge on any atom is 0.335 e. The SMILES string of the molecule is O=c1[nH]c(O)cn1-c1ncccn1. The molecule has 0 unspecified atom stereocenters. The fourth-order valence-electron chi connectivity index (χ4n) is 0.947. The first-order chi connectivity index (χ1) is 6.27. The van der Waals surface area contributed by atoms with Crippen LogP contribution in [0, 0.1) is 0 Å². The molecule has 0 amide bonds. The second-order valence-electron chi connectivity index (χ2n) is 2.36. The average Bonchev–Trinajstić information content (AvgIpc) is 2.47. The molecule has 0 aliphatic rings. The number of nitrogens with one attached hydrogen (secondary N) is 1. The van der Waals surface area contributed by atoms with Crippen molar-refractivity contribution in [2.45, 2.75) is 0 Å². The van der Waals surface area contributed by atoms with Crippen LogP contribution in [-0.4, -0.2) is 24.6 Å². The summed E-state index contributed by atoms with van der Waals surface area (Å²) in [6, 6.07) is 1.64. The topological polar surface area (TPSA) is 83.8 Å². The first-order valence-corrected chi connectivity index (χ1v) is 3.55. The molecule has 0 aromatic carbocycles. The van der Waals surface area contributed by atoms with Gasteiger partial charge in [0, 0.05) is 12.4 Å². The molecule has 0 aliphatic carbocycles. The molecule has 0 saturated carbocycles. The van der Waals surface area contributed by atoms with Crippen molar-refractivity contribution in [1.29, 1.82) is 0 Å². The molecular formula is C7H6N4O2. The van der Waals surface area contributed by atoms with Crippen molar-refractivity contribution < 1.29 is 5.11 Å². The van der Waals surface area contributed by atoms with Gasteiger partial charge in [-0.3, -0.25) is 4.98 Å². The van der Waals surface area contributed by atoms with Crippen LogP contribution >= 0.6 is 0 Å². The smallest absolute Gasteiger partial charge is 0.335 e. The van der Waals surface area contributed by atoms with E-state index in [0.29, 0.717) is 0 Å². The van der Waals surface area contributed by atoms with Crippen LogP contribution in [-0.2, 0) is 0 Å². The highest BCUT2D eigenvalue weighted by Crippen LogP contribution is 2.01. The van der Waals surface area contributed by atoms with Gasteiger partial charge in [-0.15, -0.1) is 0 Å². The Labute approximate surface area is 72.5 Å². The first kappa shape index (κ1) is 7.53. The zero-order chi connectivity index (χ0) is 9.26. The summed E-state index contributed by atoms with van der Waals surface area (Å²) >= 11 is 0. The first-order valence-electron chi connectivity index (χ1n) is 3.55. The lowest BCUT2D eigenvalue weighted by Crippen LogP contribution is -2.16. The summed E-state index contributed by atoms with van der Waals surface area (Å²) in [4.78, 5) is 21.0. The Morgan fingerprint density at radius 1 is 1.38 bits per heavy atom. The van der Waals surface area contributed by atoms with Crippen LogP contribution in [0.25, 0.3) is 5.95 Å². The molecule has 0 saturated heterocycles. The second kappa shape index (κ2) is 2.74. The molecule has 2 heterocycles. The lowest BCUT2D eigenvalue weighted by atomic mass is 10.7. The lowest BCUT2D eigenvalue weighted by Gasteiger charge is -1.94. The molecule has 0 fully saturated rings. The van der Waals surface area contributed by atoms with Crippen LogP contribution in [0.15, 0.2) is 29.5 Å². The van der Waals surface area contributed by atoms with E-state index in [1.54, 1.807) is 6.07 Å². The maximum atomic E-state index is 11.1. The molecule has 2 rings (SSSR count). The molecule has 2 aromatic rings. The van der Waals surface area contributed by atoms with Gasteiger partial charge in [-0.1, -0.05) is 0 Å². The van der Waals surface area contributed by atoms with Crippen molar-refractivity contribution >= 4 is 0 Å². The molecule has 0 aliphatic heterocycles. The Bertz CT molecular complexity index is 459. The fraction of sp³-hybridized carbons (Fsp3) is 0. The molecule has 0 spiro atoms. The highest BCUT2D eigenvalue weighted by Gasteiger charge is 2.04. The molecule has 13 heavy (non-hydrogen) atoms. The quantitative estimate of drug-likeness (QED) is 0.625. The van der Waals surface area contributed by atoms with E-state index in [-0.39, 0.29) is 11.8 Å². The molecule has 2 aromatic heterocycles. The van der Waals surface area contributed by atoms with E-state index in [1.165, 1.54) is 18.6 Å². The van der Waals surface area contributed by atoms with Gasteiger partial charge < -0.3 is 5.11 Å². The fourth-order valence-corrected chi connectivity index (χ4v) is 0.947. The number of aromatic nitrogens is 4. The van der Waals surface area contributed by atoms with Crippen molar-refractivity contribution in [3.05, 3.63) is 35.1 Å². The number of H-pyrrole nitrogens is 1. The Hall–Kier alpha value is -2.11. The summed E-state index contributed by atoms with van der Waals surface area (Å²) in [5.74, 6) is 0.0153. The zero-order valence-corrected chi connectivity index (χ0v) is 6.51. The summed E-state index contributed by atoms with van der Waals surface area (Å²) in [6.45, 7) is 0. The monoisotopic (exact) mass is 178 g/mol. The molecule has 0 bridgehead atoms. The van der Waals surface area contributed by atoms with E-state index < -0.39 is 5.69 Å². The van der Waals surface area contributed by atoms with Gasteiger partial charge in [0.15, 0.2) is 0 Å². The molecule has 0 radical (unpaired) electrons. The summed E-state index contributed by atoms with van der Waals surface area (Å²) < 4.78 is 1.12. The van der Waals surface area contributed by atoms with E-state index in [4.69, 9.17) is 5.11 Å². The van der Waals surface area contributed by atoms with Gasteiger partial charge >= 0.3 is 5.69 Å². The van der Waals surface area contributed by atoms with Crippen molar-refractivity contribution in [3.8, 4) is 11.8 Å². The normalized spacial score (nSPS) is 10.2. The largest absolute Gasteiger partial charge is 0.493 e.